The largest absolute Gasteiger partial charge is 0.384 e. The first-order valence-corrected chi connectivity index (χ1v) is 5.74. The van der Waals surface area contributed by atoms with E-state index in [9.17, 15) is 9.59 Å². The molecular weight excluding hydrogens is 309 g/mol. The second-order valence-corrected chi connectivity index (χ2v) is 4.50. The average Bonchev–Trinajstić information content (AvgIpc) is 2.29. The summed E-state index contributed by atoms with van der Waals surface area (Å²) in [5, 5.41) is 0.545. The molecule has 0 saturated carbocycles. The average molecular weight is 317 g/mol. The SMILES string of the molecule is Nc1c(Br)c(=O)[nH]c(=O)n1-c1ccc(Cl)cc1. The lowest BCUT2D eigenvalue weighted by atomic mass is 10.3. The minimum atomic E-state index is -0.599. The molecule has 1 aromatic carbocycles. The smallest absolute Gasteiger partial charge is 0.334 e. The molecule has 3 N–H and O–H groups in total. The predicted molar refractivity (Wildman–Crippen MR) is 69.8 cm³/mol. The third-order valence-corrected chi connectivity index (χ3v) is 3.19. The molecule has 0 unspecified atom stereocenters. The highest BCUT2D eigenvalue weighted by Crippen LogP contribution is 2.17. The lowest BCUT2D eigenvalue weighted by molar-refractivity contribution is 0.900. The molecule has 88 valence electrons. The van der Waals surface area contributed by atoms with Crippen molar-refractivity contribution >= 4 is 33.3 Å². The lowest BCUT2D eigenvalue weighted by Gasteiger charge is -2.09. The number of H-pyrrole nitrogens is 1. The van der Waals surface area contributed by atoms with Gasteiger partial charge in [-0.15, -0.1) is 0 Å². The van der Waals surface area contributed by atoms with E-state index in [1.807, 2.05) is 0 Å². The maximum absolute atomic E-state index is 11.7. The van der Waals surface area contributed by atoms with E-state index in [0.717, 1.165) is 0 Å². The van der Waals surface area contributed by atoms with E-state index in [1.54, 1.807) is 24.3 Å². The quantitative estimate of drug-likeness (QED) is 0.837. The van der Waals surface area contributed by atoms with Crippen LogP contribution in [0.1, 0.15) is 0 Å². The molecule has 2 aromatic rings. The molecule has 0 atom stereocenters. The normalized spacial score (nSPS) is 10.5. The first kappa shape index (κ1) is 11.9. The third kappa shape index (κ3) is 2.13. The van der Waals surface area contributed by atoms with Crippen molar-refractivity contribution in [1.82, 2.24) is 9.55 Å². The first-order valence-electron chi connectivity index (χ1n) is 4.57. The zero-order chi connectivity index (χ0) is 12.6. The topological polar surface area (TPSA) is 80.9 Å². The summed E-state index contributed by atoms with van der Waals surface area (Å²) in [4.78, 5) is 25.1. The molecule has 2 rings (SSSR count). The van der Waals surface area contributed by atoms with Crippen LogP contribution < -0.4 is 17.0 Å². The highest BCUT2D eigenvalue weighted by atomic mass is 79.9. The van der Waals surface area contributed by atoms with E-state index >= 15 is 0 Å². The van der Waals surface area contributed by atoms with Gasteiger partial charge < -0.3 is 5.73 Å². The molecule has 7 heteroatoms. The van der Waals surface area contributed by atoms with Gasteiger partial charge >= 0.3 is 5.69 Å². The van der Waals surface area contributed by atoms with Gasteiger partial charge in [-0.2, -0.15) is 0 Å². The fraction of sp³-hybridized carbons (Fsp3) is 0. The molecule has 0 radical (unpaired) electrons. The molecule has 0 bridgehead atoms. The van der Waals surface area contributed by atoms with Gasteiger partial charge in [-0.3, -0.25) is 9.78 Å². The maximum Gasteiger partial charge on any atom is 0.334 e. The van der Waals surface area contributed by atoms with E-state index in [1.165, 1.54) is 4.57 Å². The zero-order valence-corrected chi connectivity index (χ0v) is 10.7. The van der Waals surface area contributed by atoms with Crippen LogP contribution in [0.25, 0.3) is 5.69 Å². The number of rotatable bonds is 1. The number of anilines is 1. The molecular formula is C10H7BrClN3O2. The van der Waals surface area contributed by atoms with Gasteiger partial charge in [0.15, 0.2) is 0 Å². The van der Waals surface area contributed by atoms with Gasteiger partial charge in [0.1, 0.15) is 10.3 Å². The Labute approximate surface area is 109 Å². The van der Waals surface area contributed by atoms with Crippen LogP contribution in [-0.4, -0.2) is 9.55 Å². The summed E-state index contributed by atoms with van der Waals surface area (Å²) in [6.45, 7) is 0. The van der Waals surface area contributed by atoms with Crippen LogP contribution in [0.4, 0.5) is 5.82 Å². The molecule has 0 fully saturated rings. The Morgan fingerprint density at radius 2 is 1.82 bits per heavy atom. The van der Waals surface area contributed by atoms with Crippen molar-refractivity contribution in [3.8, 4) is 5.69 Å². The molecule has 1 aromatic heterocycles. The second-order valence-electron chi connectivity index (χ2n) is 3.27. The van der Waals surface area contributed by atoms with Gasteiger partial charge in [0.2, 0.25) is 0 Å². The number of nitrogens with two attached hydrogens (primary N) is 1. The summed E-state index contributed by atoms with van der Waals surface area (Å²) in [5.41, 5.74) is 5.08. The number of nitrogens with one attached hydrogen (secondary N) is 1. The van der Waals surface area contributed by atoms with Crippen LogP contribution in [0, 0.1) is 0 Å². The van der Waals surface area contributed by atoms with E-state index in [0.29, 0.717) is 10.7 Å². The number of hydrogen-bond acceptors (Lipinski definition) is 3. The lowest BCUT2D eigenvalue weighted by Crippen LogP contribution is -2.31. The van der Waals surface area contributed by atoms with Gasteiger partial charge in [-0.25, -0.2) is 9.36 Å². The zero-order valence-electron chi connectivity index (χ0n) is 8.41. The standard InChI is InChI=1S/C10H7BrClN3O2/c11-7-8(13)15(10(17)14-9(7)16)6-3-1-5(12)2-4-6/h1-4H,13H2,(H,14,16,17). The minimum absolute atomic E-state index is 0.0427. The Bertz CT molecular complexity index is 675. The molecule has 0 amide bonds. The summed E-state index contributed by atoms with van der Waals surface area (Å²) in [6.07, 6.45) is 0. The van der Waals surface area contributed by atoms with Crippen molar-refractivity contribution in [3.63, 3.8) is 0 Å². The van der Waals surface area contributed by atoms with E-state index in [4.69, 9.17) is 17.3 Å². The van der Waals surface area contributed by atoms with Crippen molar-refractivity contribution in [2.75, 3.05) is 5.73 Å². The first-order chi connectivity index (χ1) is 8.00. The minimum Gasteiger partial charge on any atom is -0.384 e. The summed E-state index contributed by atoms with van der Waals surface area (Å²) < 4.78 is 1.30. The summed E-state index contributed by atoms with van der Waals surface area (Å²) in [6, 6.07) is 6.51. The molecule has 5 nitrogen and oxygen atoms in total. The second kappa shape index (κ2) is 4.38. The number of hydrogen-bond donors (Lipinski definition) is 2. The highest BCUT2D eigenvalue weighted by Gasteiger charge is 2.10. The van der Waals surface area contributed by atoms with E-state index in [2.05, 4.69) is 20.9 Å². The summed E-state index contributed by atoms with van der Waals surface area (Å²) in [5.74, 6) is 0.0427. The number of halogens is 2. The number of nitrogens with zero attached hydrogens (tertiary/aromatic N) is 1. The van der Waals surface area contributed by atoms with Crippen molar-refractivity contribution in [1.29, 1.82) is 0 Å². The van der Waals surface area contributed by atoms with Gasteiger partial charge in [0.05, 0.1) is 5.69 Å². The van der Waals surface area contributed by atoms with Crippen LogP contribution in [0.3, 0.4) is 0 Å². The maximum atomic E-state index is 11.7. The molecule has 1 heterocycles. The molecule has 0 aliphatic rings. The fourth-order valence-corrected chi connectivity index (χ4v) is 1.78. The van der Waals surface area contributed by atoms with E-state index < -0.39 is 11.2 Å². The fourth-order valence-electron chi connectivity index (χ4n) is 1.38. The van der Waals surface area contributed by atoms with Gasteiger partial charge in [0, 0.05) is 5.02 Å². The summed E-state index contributed by atoms with van der Waals surface area (Å²) in [7, 11) is 0. The van der Waals surface area contributed by atoms with Gasteiger partial charge in [0.25, 0.3) is 5.56 Å². The van der Waals surface area contributed by atoms with Crippen molar-refractivity contribution in [3.05, 3.63) is 54.6 Å². The van der Waals surface area contributed by atoms with Crippen LogP contribution in [-0.2, 0) is 0 Å². The van der Waals surface area contributed by atoms with E-state index in [-0.39, 0.29) is 10.3 Å². The monoisotopic (exact) mass is 315 g/mol. The molecule has 0 saturated heterocycles. The van der Waals surface area contributed by atoms with Crippen molar-refractivity contribution in [2.24, 2.45) is 0 Å². The highest BCUT2D eigenvalue weighted by molar-refractivity contribution is 9.10. The Morgan fingerprint density at radius 1 is 1.24 bits per heavy atom. The number of benzene rings is 1. The van der Waals surface area contributed by atoms with Crippen molar-refractivity contribution < 1.29 is 0 Å². The van der Waals surface area contributed by atoms with Gasteiger partial charge in [-0.1, -0.05) is 11.6 Å². The Kier molecular flexibility index (Phi) is 3.08. The Hall–Kier alpha value is -1.53. The molecule has 0 aliphatic heterocycles. The van der Waals surface area contributed by atoms with Crippen LogP contribution in [0.15, 0.2) is 38.3 Å². The number of aromatic nitrogens is 2. The Morgan fingerprint density at radius 3 is 2.41 bits per heavy atom. The molecule has 0 aliphatic carbocycles. The van der Waals surface area contributed by atoms with Crippen LogP contribution in [0.5, 0.6) is 0 Å². The molecule has 17 heavy (non-hydrogen) atoms. The number of nitrogen functional groups attached to an aromatic ring is 1. The third-order valence-electron chi connectivity index (χ3n) is 2.17. The predicted octanol–water partition coefficient (Wildman–Crippen LogP) is 1.52. The number of aromatic amines is 1. The molecule has 0 spiro atoms. The van der Waals surface area contributed by atoms with Crippen molar-refractivity contribution in [2.45, 2.75) is 0 Å². The van der Waals surface area contributed by atoms with Crippen LogP contribution in [0.2, 0.25) is 5.02 Å². The Balaban J connectivity index is 2.76. The van der Waals surface area contributed by atoms with Gasteiger partial charge in [-0.05, 0) is 40.2 Å². The van der Waals surface area contributed by atoms with Crippen LogP contribution >= 0.6 is 27.5 Å². The summed E-state index contributed by atoms with van der Waals surface area (Å²) >= 11 is 8.77.